The summed E-state index contributed by atoms with van der Waals surface area (Å²) in [5.74, 6) is -1.06. The maximum Gasteiger partial charge on any atom is 0.326 e. The van der Waals surface area contributed by atoms with E-state index < -0.39 is 12.0 Å². The van der Waals surface area contributed by atoms with E-state index in [4.69, 9.17) is 0 Å². The molecule has 0 fully saturated rings. The first kappa shape index (κ1) is 13.1. The highest BCUT2D eigenvalue weighted by atomic mass is 79.9. The van der Waals surface area contributed by atoms with Gasteiger partial charge in [-0.3, -0.25) is 4.79 Å². The van der Waals surface area contributed by atoms with Crippen LogP contribution in [0.25, 0.3) is 0 Å². The number of aliphatic carboxylic acids is 1. The Balaban J connectivity index is 2.37. The molecule has 1 heterocycles. The lowest BCUT2D eigenvalue weighted by atomic mass is 9.94. The number of amides is 1. The van der Waals surface area contributed by atoms with Gasteiger partial charge >= 0.3 is 5.97 Å². The Morgan fingerprint density at radius 2 is 2.17 bits per heavy atom. The van der Waals surface area contributed by atoms with Crippen LogP contribution in [-0.2, 0) is 22.6 Å². The van der Waals surface area contributed by atoms with Crippen molar-refractivity contribution in [1.82, 2.24) is 4.90 Å². The minimum Gasteiger partial charge on any atom is -0.480 e. The third kappa shape index (κ3) is 2.41. The number of benzene rings is 1. The van der Waals surface area contributed by atoms with Gasteiger partial charge in [0.15, 0.2) is 0 Å². The molecule has 0 radical (unpaired) electrons. The Morgan fingerprint density at radius 1 is 1.44 bits per heavy atom. The van der Waals surface area contributed by atoms with Crippen LogP contribution in [0.15, 0.2) is 22.7 Å². The maximum atomic E-state index is 11.8. The molecule has 5 heteroatoms. The fourth-order valence-electron chi connectivity index (χ4n) is 2.24. The molecular formula is C13H14BrNO3. The van der Waals surface area contributed by atoms with Crippen LogP contribution in [0, 0.1) is 0 Å². The normalized spacial score (nSPS) is 18.3. The van der Waals surface area contributed by atoms with Crippen LogP contribution in [-0.4, -0.2) is 27.9 Å². The van der Waals surface area contributed by atoms with Gasteiger partial charge in [-0.2, -0.15) is 0 Å². The van der Waals surface area contributed by atoms with Crippen molar-refractivity contribution in [3.63, 3.8) is 0 Å². The van der Waals surface area contributed by atoms with Crippen LogP contribution in [0.3, 0.4) is 0 Å². The van der Waals surface area contributed by atoms with Gasteiger partial charge in [0.25, 0.3) is 0 Å². The van der Waals surface area contributed by atoms with Crippen molar-refractivity contribution in [3.8, 4) is 0 Å². The standard InChI is InChI=1S/C13H14BrNO3/c1-2-12(16)15-7-9-5-10(14)4-3-8(9)6-11(15)13(17)18/h3-5,11H,2,6-7H2,1H3,(H,17,18). The van der Waals surface area contributed by atoms with Gasteiger partial charge in [0.05, 0.1) is 0 Å². The molecule has 1 aromatic carbocycles. The fraction of sp³-hybridized carbons (Fsp3) is 0.385. The smallest absolute Gasteiger partial charge is 0.326 e. The van der Waals surface area contributed by atoms with Crippen molar-refractivity contribution in [2.75, 3.05) is 0 Å². The molecule has 0 saturated heterocycles. The van der Waals surface area contributed by atoms with Crippen LogP contribution in [0.5, 0.6) is 0 Å². The number of carbonyl (C=O) groups excluding carboxylic acids is 1. The Kier molecular flexibility index (Phi) is 3.71. The van der Waals surface area contributed by atoms with Crippen molar-refractivity contribution >= 4 is 27.8 Å². The quantitative estimate of drug-likeness (QED) is 0.911. The van der Waals surface area contributed by atoms with Gasteiger partial charge in [0.1, 0.15) is 6.04 Å². The zero-order valence-corrected chi connectivity index (χ0v) is 11.6. The number of rotatable bonds is 2. The van der Waals surface area contributed by atoms with Crippen molar-refractivity contribution in [2.24, 2.45) is 0 Å². The van der Waals surface area contributed by atoms with Crippen molar-refractivity contribution in [2.45, 2.75) is 32.4 Å². The van der Waals surface area contributed by atoms with Gasteiger partial charge < -0.3 is 10.0 Å². The van der Waals surface area contributed by atoms with E-state index in [-0.39, 0.29) is 5.91 Å². The van der Waals surface area contributed by atoms with E-state index in [1.54, 1.807) is 6.92 Å². The summed E-state index contributed by atoms with van der Waals surface area (Å²) in [6.07, 6.45) is 0.705. The van der Waals surface area contributed by atoms with E-state index in [0.717, 1.165) is 15.6 Å². The summed E-state index contributed by atoms with van der Waals surface area (Å²) in [4.78, 5) is 24.5. The maximum absolute atomic E-state index is 11.8. The Bertz CT molecular complexity index is 501. The molecule has 4 nitrogen and oxygen atoms in total. The van der Waals surface area contributed by atoms with Gasteiger partial charge in [0.2, 0.25) is 5.91 Å². The molecule has 1 atom stereocenters. The molecule has 18 heavy (non-hydrogen) atoms. The molecule has 0 aromatic heterocycles. The summed E-state index contributed by atoms with van der Waals surface area (Å²) in [5.41, 5.74) is 2.02. The number of nitrogens with zero attached hydrogens (tertiary/aromatic N) is 1. The highest BCUT2D eigenvalue weighted by Gasteiger charge is 2.33. The minimum absolute atomic E-state index is 0.118. The number of carbonyl (C=O) groups is 2. The number of hydrogen-bond acceptors (Lipinski definition) is 2. The molecule has 96 valence electrons. The summed E-state index contributed by atoms with van der Waals surface area (Å²) >= 11 is 3.39. The van der Waals surface area contributed by atoms with Gasteiger partial charge in [0, 0.05) is 23.9 Å². The topological polar surface area (TPSA) is 57.6 Å². The third-order valence-corrected chi connectivity index (χ3v) is 3.70. The second-order valence-electron chi connectivity index (χ2n) is 4.35. The molecule has 1 aliphatic heterocycles. The van der Waals surface area contributed by atoms with E-state index in [2.05, 4.69) is 15.9 Å². The van der Waals surface area contributed by atoms with E-state index in [1.807, 2.05) is 18.2 Å². The van der Waals surface area contributed by atoms with Gasteiger partial charge in [-0.25, -0.2) is 4.79 Å². The number of halogens is 1. The summed E-state index contributed by atoms with van der Waals surface area (Å²) < 4.78 is 0.943. The highest BCUT2D eigenvalue weighted by molar-refractivity contribution is 9.10. The van der Waals surface area contributed by atoms with E-state index in [0.29, 0.717) is 19.4 Å². The number of carboxylic acid groups (broad SMARTS) is 1. The molecule has 0 spiro atoms. The van der Waals surface area contributed by atoms with Gasteiger partial charge in [-0.05, 0) is 23.3 Å². The zero-order chi connectivity index (χ0) is 13.3. The SMILES string of the molecule is CCC(=O)N1Cc2cc(Br)ccc2CC1C(=O)O. The van der Waals surface area contributed by atoms with Gasteiger partial charge in [-0.15, -0.1) is 0 Å². The summed E-state index contributed by atoms with van der Waals surface area (Å²) in [7, 11) is 0. The zero-order valence-electron chi connectivity index (χ0n) is 10.0. The fourth-order valence-corrected chi connectivity index (χ4v) is 2.65. The lowest BCUT2D eigenvalue weighted by Gasteiger charge is -2.34. The Morgan fingerprint density at radius 3 is 2.78 bits per heavy atom. The first-order valence-electron chi connectivity index (χ1n) is 5.82. The predicted octanol–water partition coefficient (Wildman–Crippen LogP) is 2.20. The number of fused-ring (bicyclic) bond motifs is 1. The molecule has 1 N–H and O–H groups in total. The second kappa shape index (κ2) is 5.10. The van der Waals surface area contributed by atoms with Crippen molar-refractivity contribution in [3.05, 3.63) is 33.8 Å². The van der Waals surface area contributed by atoms with Crippen LogP contribution < -0.4 is 0 Å². The summed E-state index contributed by atoms with van der Waals surface area (Å²) in [6, 6.07) is 5.02. The van der Waals surface area contributed by atoms with Crippen LogP contribution in [0.2, 0.25) is 0 Å². The first-order chi connectivity index (χ1) is 8.52. The second-order valence-corrected chi connectivity index (χ2v) is 5.26. The molecular weight excluding hydrogens is 298 g/mol. The molecule has 0 bridgehead atoms. The molecule has 0 aliphatic carbocycles. The Labute approximate surface area is 114 Å². The lowest BCUT2D eigenvalue weighted by Crippen LogP contribution is -2.48. The summed E-state index contributed by atoms with van der Waals surface area (Å²) in [6.45, 7) is 2.12. The third-order valence-electron chi connectivity index (χ3n) is 3.21. The molecule has 1 amide bonds. The largest absolute Gasteiger partial charge is 0.480 e. The minimum atomic E-state index is -0.939. The first-order valence-corrected chi connectivity index (χ1v) is 6.61. The van der Waals surface area contributed by atoms with Crippen molar-refractivity contribution < 1.29 is 14.7 Å². The summed E-state index contributed by atoms with van der Waals surface area (Å²) in [5, 5.41) is 9.23. The van der Waals surface area contributed by atoms with Crippen LogP contribution in [0.4, 0.5) is 0 Å². The molecule has 1 aromatic rings. The predicted molar refractivity (Wildman–Crippen MR) is 70.1 cm³/mol. The van der Waals surface area contributed by atoms with Crippen LogP contribution >= 0.6 is 15.9 Å². The molecule has 1 unspecified atom stereocenters. The lowest BCUT2D eigenvalue weighted by molar-refractivity contribution is -0.151. The molecule has 1 aliphatic rings. The number of hydrogen-bond donors (Lipinski definition) is 1. The molecule has 2 rings (SSSR count). The van der Waals surface area contributed by atoms with Gasteiger partial charge in [-0.1, -0.05) is 28.9 Å². The Hall–Kier alpha value is -1.36. The highest BCUT2D eigenvalue weighted by Crippen LogP contribution is 2.26. The van der Waals surface area contributed by atoms with Crippen molar-refractivity contribution in [1.29, 1.82) is 0 Å². The molecule has 0 saturated carbocycles. The average Bonchev–Trinajstić information content (AvgIpc) is 2.35. The van der Waals surface area contributed by atoms with E-state index in [1.165, 1.54) is 4.90 Å². The van der Waals surface area contributed by atoms with E-state index in [9.17, 15) is 14.7 Å². The average molecular weight is 312 g/mol. The van der Waals surface area contributed by atoms with E-state index >= 15 is 0 Å². The van der Waals surface area contributed by atoms with Crippen LogP contribution in [0.1, 0.15) is 24.5 Å². The monoisotopic (exact) mass is 311 g/mol. The number of carboxylic acids is 1.